The van der Waals surface area contributed by atoms with Gasteiger partial charge in [0.25, 0.3) is 11.8 Å². The Hall–Kier alpha value is -4.37. The number of hydrogen-bond donors (Lipinski definition) is 2. The lowest BCUT2D eigenvalue weighted by molar-refractivity contribution is 0.0935. The number of aryl methyl sites for hydroxylation is 1. The molecule has 0 aliphatic carbocycles. The number of rotatable bonds is 7. The molecule has 1 atom stereocenters. The third kappa shape index (κ3) is 5.01. The number of carbonyl (C=O) groups excluding carboxylic acids is 2. The van der Waals surface area contributed by atoms with Crippen LogP contribution in [-0.4, -0.2) is 31.6 Å². The first-order chi connectivity index (χ1) is 17.5. The van der Waals surface area contributed by atoms with Gasteiger partial charge in [-0.05, 0) is 47.7 Å². The van der Waals surface area contributed by atoms with Gasteiger partial charge in [-0.1, -0.05) is 13.0 Å². The number of nitrogens with one attached hydrogen (secondary N) is 2. The molecule has 5 rings (SSSR count). The van der Waals surface area contributed by atoms with Crippen molar-refractivity contribution < 1.29 is 9.59 Å². The fraction of sp³-hybridized carbons (Fsp3) is 0.148. The molecule has 0 aliphatic heterocycles. The second-order valence-electron chi connectivity index (χ2n) is 8.44. The Kier molecular flexibility index (Phi) is 6.55. The fourth-order valence-corrected chi connectivity index (χ4v) is 4.84. The Morgan fingerprint density at radius 3 is 2.67 bits per heavy atom. The zero-order valence-corrected chi connectivity index (χ0v) is 20.6. The minimum Gasteiger partial charge on any atom is -0.345 e. The normalized spacial score (nSPS) is 11.8. The van der Waals surface area contributed by atoms with Crippen molar-refractivity contribution in [3.63, 3.8) is 0 Å². The molecule has 0 saturated heterocycles. The van der Waals surface area contributed by atoms with Crippen LogP contribution >= 0.6 is 11.3 Å². The summed E-state index contributed by atoms with van der Waals surface area (Å²) in [5.74, 6) is -0.337. The quantitative estimate of drug-likeness (QED) is 0.321. The summed E-state index contributed by atoms with van der Waals surface area (Å²) in [4.78, 5) is 35.1. The van der Waals surface area contributed by atoms with Crippen LogP contribution in [0.25, 0.3) is 21.2 Å². The molecule has 2 N–H and O–H groups in total. The predicted octanol–water partition coefficient (Wildman–Crippen LogP) is 5.23. The smallest absolute Gasteiger partial charge is 0.256 e. The predicted molar refractivity (Wildman–Crippen MR) is 141 cm³/mol. The van der Waals surface area contributed by atoms with Crippen LogP contribution in [0.1, 0.15) is 45.7 Å². The van der Waals surface area contributed by atoms with E-state index >= 15 is 0 Å². The summed E-state index contributed by atoms with van der Waals surface area (Å²) in [6, 6.07) is 11.1. The molecule has 0 spiro atoms. The summed E-state index contributed by atoms with van der Waals surface area (Å²) in [7, 11) is 1.80. The lowest BCUT2D eigenvalue weighted by Gasteiger charge is -2.18. The lowest BCUT2D eigenvalue weighted by Crippen LogP contribution is -2.28. The Labute approximate surface area is 212 Å². The molecule has 36 heavy (non-hydrogen) atoms. The van der Waals surface area contributed by atoms with Gasteiger partial charge in [-0.2, -0.15) is 5.10 Å². The zero-order chi connectivity index (χ0) is 25.1. The van der Waals surface area contributed by atoms with E-state index in [1.165, 1.54) is 11.3 Å². The van der Waals surface area contributed by atoms with Crippen LogP contribution in [0.4, 0.5) is 5.69 Å². The molecular weight excluding hydrogens is 472 g/mol. The van der Waals surface area contributed by atoms with E-state index in [4.69, 9.17) is 0 Å². The number of aromatic nitrogens is 4. The number of benzene rings is 1. The second-order valence-corrected chi connectivity index (χ2v) is 9.35. The van der Waals surface area contributed by atoms with Crippen LogP contribution in [0, 0.1) is 0 Å². The van der Waals surface area contributed by atoms with Gasteiger partial charge in [0.1, 0.15) is 0 Å². The van der Waals surface area contributed by atoms with Crippen LogP contribution in [0.5, 0.6) is 0 Å². The molecule has 2 amide bonds. The van der Waals surface area contributed by atoms with Crippen LogP contribution < -0.4 is 10.6 Å². The maximum atomic E-state index is 13.0. The third-order valence-corrected chi connectivity index (χ3v) is 6.87. The molecule has 8 nitrogen and oxygen atoms in total. The first-order valence-corrected chi connectivity index (χ1v) is 12.4. The highest BCUT2D eigenvalue weighted by Crippen LogP contribution is 2.30. The summed E-state index contributed by atoms with van der Waals surface area (Å²) in [5.41, 5.74) is 3.60. The largest absolute Gasteiger partial charge is 0.345 e. The molecule has 0 fully saturated rings. The molecule has 9 heteroatoms. The Morgan fingerprint density at radius 2 is 1.86 bits per heavy atom. The molecule has 180 valence electrons. The lowest BCUT2D eigenvalue weighted by atomic mass is 10.0. The highest BCUT2D eigenvalue weighted by molar-refractivity contribution is 7.13. The first kappa shape index (κ1) is 23.4. The number of fused-ring (bicyclic) bond motifs is 1. The number of thiophene rings is 1. The summed E-state index contributed by atoms with van der Waals surface area (Å²) < 4.78 is 1.63. The molecule has 0 bridgehead atoms. The Balaban J connectivity index is 1.32. The van der Waals surface area contributed by atoms with Crippen LogP contribution in [0.3, 0.4) is 0 Å². The van der Waals surface area contributed by atoms with Crippen molar-refractivity contribution in [1.29, 1.82) is 0 Å². The van der Waals surface area contributed by atoms with Crippen LogP contribution in [-0.2, 0) is 7.05 Å². The van der Waals surface area contributed by atoms with Crippen molar-refractivity contribution in [3.05, 3.63) is 95.6 Å². The van der Waals surface area contributed by atoms with E-state index in [9.17, 15) is 9.59 Å². The molecule has 5 aromatic rings. The number of nitrogens with zero attached hydrogens (tertiary/aromatic N) is 4. The van der Waals surface area contributed by atoms with Crippen molar-refractivity contribution >= 4 is 39.6 Å². The van der Waals surface area contributed by atoms with Crippen molar-refractivity contribution in [2.45, 2.75) is 19.4 Å². The summed E-state index contributed by atoms with van der Waals surface area (Å²) >= 11 is 1.47. The SMILES string of the molecule is CC[C@@H](NC(=O)c1ccc2cnccc2c1)c1cncc(-c2cc(C(=O)Nc3cnn(C)c3)cs2)c1. The molecule has 4 aromatic heterocycles. The summed E-state index contributed by atoms with van der Waals surface area (Å²) in [6.45, 7) is 2.02. The molecule has 0 radical (unpaired) electrons. The maximum Gasteiger partial charge on any atom is 0.256 e. The highest BCUT2D eigenvalue weighted by Gasteiger charge is 2.17. The van der Waals surface area contributed by atoms with Gasteiger partial charge in [-0.3, -0.25) is 24.2 Å². The molecule has 4 heterocycles. The van der Waals surface area contributed by atoms with Gasteiger partial charge in [-0.25, -0.2) is 0 Å². The second kappa shape index (κ2) is 10.1. The maximum absolute atomic E-state index is 13.0. The van der Waals surface area contributed by atoms with Crippen molar-refractivity contribution in [2.24, 2.45) is 7.05 Å². The van der Waals surface area contributed by atoms with E-state index in [1.54, 1.807) is 48.9 Å². The number of hydrogen-bond acceptors (Lipinski definition) is 6. The highest BCUT2D eigenvalue weighted by atomic mass is 32.1. The number of pyridine rings is 2. The van der Waals surface area contributed by atoms with Crippen molar-refractivity contribution in [3.8, 4) is 10.4 Å². The van der Waals surface area contributed by atoms with Gasteiger partial charge >= 0.3 is 0 Å². The van der Waals surface area contributed by atoms with Gasteiger partial charge in [0, 0.05) is 64.8 Å². The van der Waals surface area contributed by atoms with E-state index in [0.717, 1.165) is 26.8 Å². The van der Waals surface area contributed by atoms with E-state index in [2.05, 4.69) is 25.7 Å². The summed E-state index contributed by atoms with van der Waals surface area (Å²) in [5, 5.41) is 13.8. The molecular formula is C27H24N6O2S. The molecule has 0 aliphatic rings. The zero-order valence-electron chi connectivity index (χ0n) is 19.8. The minimum atomic E-state index is -0.202. The Bertz CT molecular complexity index is 1560. The van der Waals surface area contributed by atoms with E-state index in [-0.39, 0.29) is 17.9 Å². The van der Waals surface area contributed by atoms with Gasteiger partial charge in [0.05, 0.1) is 23.5 Å². The molecule has 1 aromatic carbocycles. The minimum absolute atomic E-state index is 0.142. The number of carbonyl (C=O) groups is 2. The van der Waals surface area contributed by atoms with Gasteiger partial charge in [-0.15, -0.1) is 11.3 Å². The van der Waals surface area contributed by atoms with E-state index in [0.29, 0.717) is 23.2 Å². The summed E-state index contributed by atoms with van der Waals surface area (Å²) in [6.07, 6.45) is 11.1. The van der Waals surface area contributed by atoms with Crippen molar-refractivity contribution in [2.75, 3.05) is 5.32 Å². The average Bonchev–Trinajstić information content (AvgIpc) is 3.56. The monoisotopic (exact) mass is 496 g/mol. The van der Waals surface area contributed by atoms with Gasteiger partial charge in [0.2, 0.25) is 0 Å². The fourth-order valence-electron chi connectivity index (χ4n) is 3.97. The van der Waals surface area contributed by atoms with Gasteiger partial charge in [0.15, 0.2) is 0 Å². The van der Waals surface area contributed by atoms with Gasteiger partial charge < -0.3 is 10.6 Å². The first-order valence-electron chi connectivity index (χ1n) is 11.5. The van der Waals surface area contributed by atoms with Crippen LogP contribution in [0.15, 0.2) is 79.0 Å². The number of anilines is 1. The van der Waals surface area contributed by atoms with E-state index in [1.807, 2.05) is 48.7 Å². The molecule has 0 saturated carbocycles. The number of amides is 2. The topological polar surface area (TPSA) is 102 Å². The van der Waals surface area contributed by atoms with E-state index < -0.39 is 0 Å². The Morgan fingerprint density at radius 1 is 0.972 bits per heavy atom. The van der Waals surface area contributed by atoms with Crippen molar-refractivity contribution in [1.82, 2.24) is 25.1 Å². The molecule has 0 unspecified atom stereocenters. The average molecular weight is 497 g/mol. The van der Waals surface area contributed by atoms with Crippen LogP contribution in [0.2, 0.25) is 0 Å². The third-order valence-electron chi connectivity index (χ3n) is 5.89. The standard InChI is InChI=1S/C27H24N6O2S/c1-3-24(32-26(34)18-4-5-19-11-28-7-6-17(19)8-18)20-9-21(13-29-12-20)25-10-22(16-36-25)27(35)31-23-14-30-33(2)15-23/h4-16,24H,3H2,1-2H3,(H,31,35)(H,32,34)/t24-/m1/s1.